The number of aromatic hydroxyl groups is 1. The number of benzene rings is 2. The highest BCUT2D eigenvalue weighted by Gasteiger charge is 2.57. The van der Waals surface area contributed by atoms with Crippen LogP contribution in [0.15, 0.2) is 65.3 Å². The summed E-state index contributed by atoms with van der Waals surface area (Å²) in [5.74, 6) is -1.84. The first-order valence-electron chi connectivity index (χ1n) is 13.6. The first-order valence-corrected chi connectivity index (χ1v) is 13.6. The van der Waals surface area contributed by atoms with Crippen molar-refractivity contribution < 1.29 is 34.6 Å². The van der Waals surface area contributed by atoms with Gasteiger partial charge in [-0.05, 0) is 72.1 Å². The van der Waals surface area contributed by atoms with Gasteiger partial charge in [0.1, 0.15) is 5.75 Å². The summed E-state index contributed by atoms with van der Waals surface area (Å²) in [5.41, 5.74) is 4.54. The van der Waals surface area contributed by atoms with Crippen LogP contribution in [0.25, 0.3) is 6.08 Å². The van der Waals surface area contributed by atoms with Crippen LogP contribution in [0.4, 0.5) is 5.69 Å². The molecule has 0 spiro atoms. The standard InChI is InChI=1S/C30H34BNO7/c1-2-4-18(13-19-7-10-23(34)11-8-19)9-12-26-27-20(16-33)14-24-28(25(27)17-39-26)30(36)32(29(24)35)22-6-3-5-21(15-22)31(37)38/h3,5-8,10-11,13,15,24-26,28,33-34,37-38H,2,4,9,12,14,16-17H2,1H3/b18-13+/t24-,25+,26-,28-/m1/s1. The van der Waals surface area contributed by atoms with Gasteiger partial charge < -0.3 is 25.0 Å². The zero-order valence-corrected chi connectivity index (χ0v) is 22.0. The molecule has 0 saturated carbocycles. The maximum atomic E-state index is 13.7. The lowest BCUT2D eigenvalue weighted by Crippen LogP contribution is -2.35. The molecule has 0 bridgehead atoms. The fourth-order valence-electron chi connectivity index (χ4n) is 6.41. The van der Waals surface area contributed by atoms with Crippen LogP contribution in [0, 0.1) is 17.8 Å². The fourth-order valence-corrected chi connectivity index (χ4v) is 6.41. The number of imide groups is 1. The molecule has 3 aliphatic rings. The number of nitrogens with zero attached hydrogens (tertiary/aromatic N) is 1. The molecular weight excluding hydrogens is 497 g/mol. The highest BCUT2D eigenvalue weighted by Crippen LogP contribution is 2.50. The van der Waals surface area contributed by atoms with E-state index in [1.54, 1.807) is 24.3 Å². The second-order valence-corrected chi connectivity index (χ2v) is 10.6. The number of carbonyl (C=O) groups excluding carboxylic acids is 2. The van der Waals surface area contributed by atoms with Crippen molar-refractivity contribution in [2.45, 2.75) is 45.1 Å². The van der Waals surface area contributed by atoms with Gasteiger partial charge in [-0.2, -0.15) is 0 Å². The smallest absolute Gasteiger partial charge is 0.488 e. The quantitative estimate of drug-likeness (QED) is 0.223. The molecule has 2 saturated heterocycles. The molecule has 2 aromatic carbocycles. The van der Waals surface area contributed by atoms with E-state index in [2.05, 4.69) is 13.0 Å². The van der Waals surface area contributed by atoms with E-state index in [0.717, 1.165) is 40.9 Å². The number of phenols is 1. The first kappa shape index (κ1) is 27.3. The van der Waals surface area contributed by atoms with Crippen LogP contribution < -0.4 is 10.4 Å². The normalized spacial score (nSPS) is 24.8. The number of anilines is 1. The Morgan fingerprint density at radius 1 is 1.08 bits per heavy atom. The number of allylic oxidation sites excluding steroid dienone is 1. The molecular formula is C30H34BNO7. The number of rotatable bonds is 9. The van der Waals surface area contributed by atoms with Crippen LogP contribution in [0.2, 0.25) is 0 Å². The third-order valence-electron chi connectivity index (χ3n) is 8.19. The summed E-state index contributed by atoms with van der Waals surface area (Å²) in [6.07, 6.45) is 5.63. The van der Waals surface area contributed by atoms with Crippen molar-refractivity contribution in [2.24, 2.45) is 17.8 Å². The van der Waals surface area contributed by atoms with Gasteiger partial charge in [-0.15, -0.1) is 0 Å². The number of carbonyl (C=O) groups is 2. The molecule has 8 nitrogen and oxygen atoms in total. The monoisotopic (exact) mass is 531 g/mol. The average molecular weight is 531 g/mol. The maximum Gasteiger partial charge on any atom is 0.488 e. The molecule has 2 fully saturated rings. The Morgan fingerprint density at radius 2 is 1.85 bits per heavy atom. The third-order valence-corrected chi connectivity index (χ3v) is 8.19. The van der Waals surface area contributed by atoms with Crippen molar-refractivity contribution in [1.82, 2.24) is 0 Å². The largest absolute Gasteiger partial charge is 0.508 e. The predicted molar refractivity (Wildman–Crippen MR) is 148 cm³/mol. The molecule has 4 atom stereocenters. The molecule has 4 N–H and O–H groups in total. The van der Waals surface area contributed by atoms with Gasteiger partial charge >= 0.3 is 7.12 Å². The third kappa shape index (κ3) is 5.32. The summed E-state index contributed by atoms with van der Waals surface area (Å²) in [6, 6.07) is 13.3. The number of phenolic OH excluding ortho intramolecular Hbond substituents is 1. The lowest BCUT2D eigenvalue weighted by Gasteiger charge is -2.31. The topological polar surface area (TPSA) is 128 Å². The highest BCUT2D eigenvalue weighted by molar-refractivity contribution is 6.58. The van der Waals surface area contributed by atoms with Crippen molar-refractivity contribution in [3.05, 3.63) is 70.8 Å². The van der Waals surface area contributed by atoms with Gasteiger partial charge in [0, 0.05) is 5.92 Å². The van der Waals surface area contributed by atoms with Crippen LogP contribution >= 0.6 is 0 Å². The summed E-state index contributed by atoms with van der Waals surface area (Å²) in [6.45, 7) is 2.26. The molecule has 2 heterocycles. The summed E-state index contributed by atoms with van der Waals surface area (Å²) in [4.78, 5) is 28.3. The number of aliphatic hydroxyl groups excluding tert-OH is 1. The van der Waals surface area contributed by atoms with E-state index in [-0.39, 0.29) is 41.7 Å². The zero-order valence-electron chi connectivity index (χ0n) is 22.0. The molecule has 5 rings (SSSR count). The van der Waals surface area contributed by atoms with E-state index in [1.165, 1.54) is 17.7 Å². The molecule has 2 amide bonds. The van der Waals surface area contributed by atoms with Crippen LogP contribution in [0.5, 0.6) is 5.75 Å². The van der Waals surface area contributed by atoms with E-state index in [9.17, 15) is 29.9 Å². The molecule has 2 aromatic rings. The first-order chi connectivity index (χ1) is 18.8. The minimum Gasteiger partial charge on any atom is -0.508 e. The van der Waals surface area contributed by atoms with Gasteiger partial charge in [-0.3, -0.25) is 14.5 Å². The van der Waals surface area contributed by atoms with E-state index >= 15 is 0 Å². The van der Waals surface area contributed by atoms with Crippen molar-refractivity contribution in [3.63, 3.8) is 0 Å². The molecule has 2 aliphatic heterocycles. The average Bonchev–Trinajstić information content (AvgIpc) is 3.46. The Morgan fingerprint density at radius 3 is 2.54 bits per heavy atom. The van der Waals surface area contributed by atoms with E-state index < -0.39 is 19.0 Å². The predicted octanol–water partition coefficient (Wildman–Crippen LogP) is 2.55. The Labute approximate surface area is 228 Å². The SMILES string of the molecule is CCC/C(=C\c1ccc(O)cc1)CC[C@H]1OC[C@H]2C1=C(CO)C[C@H]1C(=O)N(c3cccc(B(O)O)c3)C(=O)[C@H]12. The van der Waals surface area contributed by atoms with Gasteiger partial charge in [0.05, 0.1) is 36.8 Å². The van der Waals surface area contributed by atoms with Gasteiger partial charge in [-0.1, -0.05) is 49.3 Å². The van der Waals surface area contributed by atoms with Crippen LogP contribution in [-0.2, 0) is 14.3 Å². The summed E-state index contributed by atoms with van der Waals surface area (Å²) in [5, 5.41) is 39.0. The second-order valence-electron chi connectivity index (χ2n) is 10.6. The number of hydrogen-bond acceptors (Lipinski definition) is 7. The molecule has 0 radical (unpaired) electrons. The molecule has 39 heavy (non-hydrogen) atoms. The second kappa shape index (κ2) is 11.5. The Hall–Kier alpha value is -3.24. The van der Waals surface area contributed by atoms with Crippen molar-refractivity contribution in [3.8, 4) is 5.75 Å². The lowest BCUT2D eigenvalue weighted by atomic mass is 9.69. The van der Waals surface area contributed by atoms with E-state index in [1.807, 2.05) is 12.1 Å². The summed E-state index contributed by atoms with van der Waals surface area (Å²) >= 11 is 0. The zero-order chi connectivity index (χ0) is 27.7. The van der Waals surface area contributed by atoms with E-state index in [0.29, 0.717) is 25.1 Å². The van der Waals surface area contributed by atoms with Crippen LogP contribution in [0.1, 0.15) is 44.6 Å². The van der Waals surface area contributed by atoms with Gasteiger partial charge in [0.25, 0.3) is 0 Å². The number of ether oxygens (including phenoxy) is 1. The highest BCUT2D eigenvalue weighted by atomic mass is 16.5. The Kier molecular flexibility index (Phi) is 8.04. The van der Waals surface area contributed by atoms with Gasteiger partial charge in [0.2, 0.25) is 11.8 Å². The maximum absolute atomic E-state index is 13.7. The minimum atomic E-state index is -1.71. The molecule has 9 heteroatoms. The van der Waals surface area contributed by atoms with Crippen molar-refractivity contribution in [1.29, 1.82) is 0 Å². The Bertz CT molecular complexity index is 1300. The van der Waals surface area contributed by atoms with Crippen molar-refractivity contribution >= 4 is 36.2 Å². The van der Waals surface area contributed by atoms with Gasteiger partial charge in [-0.25, -0.2) is 0 Å². The number of hydrogen-bond donors (Lipinski definition) is 4. The Balaban J connectivity index is 1.37. The number of aliphatic hydroxyl groups is 1. The molecule has 0 aromatic heterocycles. The fraction of sp³-hybridized carbons (Fsp3) is 0.400. The summed E-state index contributed by atoms with van der Waals surface area (Å²) in [7, 11) is -1.71. The molecule has 1 aliphatic carbocycles. The van der Waals surface area contributed by atoms with Gasteiger partial charge in [0.15, 0.2) is 0 Å². The molecule has 0 unspecified atom stereocenters. The minimum absolute atomic E-state index is 0.187. The summed E-state index contributed by atoms with van der Waals surface area (Å²) < 4.78 is 6.23. The van der Waals surface area contributed by atoms with Crippen molar-refractivity contribution in [2.75, 3.05) is 18.1 Å². The van der Waals surface area contributed by atoms with Crippen LogP contribution in [-0.4, -0.2) is 58.5 Å². The number of amides is 2. The molecule has 204 valence electrons. The lowest BCUT2D eigenvalue weighted by molar-refractivity contribution is -0.122. The van der Waals surface area contributed by atoms with Crippen LogP contribution in [0.3, 0.4) is 0 Å². The number of fused-ring (bicyclic) bond motifs is 3. The van der Waals surface area contributed by atoms with E-state index in [4.69, 9.17) is 4.74 Å².